The molecule has 0 aromatic heterocycles. The highest BCUT2D eigenvalue weighted by molar-refractivity contribution is 7.48. The molecule has 740 valence electrons. The van der Waals surface area contributed by atoms with E-state index in [0.717, 1.165) is 78.1 Å². The van der Waals surface area contributed by atoms with Gasteiger partial charge < -0.3 is 144 Å². The number of unbranched alkanes of at least 4 members (excludes halogenated alkanes) is 23. The van der Waals surface area contributed by atoms with Gasteiger partial charge in [0.25, 0.3) is 0 Å². The van der Waals surface area contributed by atoms with E-state index in [0.29, 0.717) is 25.7 Å². The number of ether oxygens (including phenoxy) is 12. The number of esters is 2. The van der Waals surface area contributed by atoms with Gasteiger partial charge in [0, 0.05) is 60.2 Å². The van der Waals surface area contributed by atoms with E-state index in [2.05, 4.69) is 59.4 Å². The number of aliphatic hydroxyl groups excluding tert-OH is 13. The number of hydrogen-bond acceptors (Lipinski definition) is 35. The first-order valence-electron chi connectivity index (χ1n) is 46.2. The number of carbonyl (C=O) groups excluding carboxylic acids is 6. The summed E-state index contributed by atoms with van der Waals surface area (Å²) in [6, 6.07) is -3.15. The van der Waals surface area contributed by atoms with Gasteiger partial charge in [0.1, 0.15) is 122 Å². The number of amides is 4. The van der Waals surface area contributed by atoms with Crippen molar-refractivity contribution in [3.05, 3.63) is 24.3 Å². The number of allylic oxidation sites excluding steroid dienone is 4. The molecule has 5 rings (SSSR count). The lowest BCUT2D eigenvalue weighted by Gasteiger charge is -2.51. The Morgan fingerprint density at radius 3 is 1.38 bits per heavy atom. The van der Waals surface area contributed by atoms with Crippen LogP contribution in [0.25, 0.3) is 0 Å². The van der Waals surface area contributed by atoms with Gasteiger partial charge in [-0.3, -0.25) is 42.3 Å². The van der Waals surface area contributed by atoms with Crippen LogP contribution in [0.2, 0.25) is 0 Å². The number of hydrogen-bond donors (Lipinski definition) is 17. The van der Waals surface area contributed by atoms with Crippen molar-refractivity contribution in [2.75, 3.05) is 73.6 Å². The van der Waals surface area contributed by atoms with Gasteiger partial charge >= 0.3 is 19.8 Å². The second-order valence-corrected chi connectivity index (χ2v) is 34.8. The summed E-state index contributed by atoms with van der Waals surface area (Å²) < 4.78 is 98.0. The molecule has 4 amide bonds. The minimum absolute atomic E-state index is 0.0810. The van der Waals surface area contributed by atoms with Crippen LogP contribution < -0.4 is 21.3 Å². The van der Waals surface area contributed by atoms with Crippen molar-refractivity contribution in [1.29, 1.82) is 0 Å². The normalized spacial score (nSPS) is 30.5. The van der Waals surface area contributed by atoms with Crippen molar-refractivity contribution in [1.82, 2.24) is 21.3 Å². The van der Waals surface area contributed by atoms with Gasteiger partial charge in [0.15, 0.2) is 37.6 Å². The quantitative estimate of drug-likeness (QED) is 0.0177. The first-order chi connectivity index (χ1) is 61.0. The molecule has 0 spiro atoms. The maximum atomic E-state index is 12.8. The molecule has 27 atom stereocenters. The molecule has 0 aromatic carbocycles. The number of carbonyl (C=O) groups is 6. The molecule has 5 saturated heterocycles. The van der Waals surface area contributed by atoms with Crippen molar-refractivity contribution < 1.29 is 170 Å². The van der Waals surface area contributed by atoms with Gasteiger partial charge in [0.2, 0.25) is 23.6 Å². The van der Waals surface area contributed by atoms with E-state index in [-0.39, 0.29) is 82.4 Å². The molecule has 0 bridgehead atoms. The Kier molecular flexibility index (Phi) is 59.7. The Morgan fingerprint density at radius 2 is 0.850 bits per heavy atom. The molecule has 0 aliphatic carbocycles. The molecule has 39 nitrogen and oxygen atoms in total. The molecule has 17 N–H and O–H groups in total. The van der Waals surface area contributed by atoms with Crippen molar-refractivity contribution in [3.63, 3.8) is 0 Å². The average Bonchev–Trinajstić information content (AvgIpc) is 0.780. The third kappa shape index (κ3) is 42.7. The topological polar surface area (TPSA) is 569 Å². The zero-order valence-corrected chi connectivity index (χ0v) is 76.9. The van der Waals surface area contributed by atoms with Gasteiger partial charge in [-0.2, -0.15) is 0 Å². The minimum atomic E-state index is -3.80. The van der Waals surface area contributed by atoms with Crippen molar-refractivity contribution in [3.8, 4) is 0 Å². The monoisotopic (exact) mass is 1850 g/mol. The SMILES string of the molecule is CCCCCCCC/C=C/CCCCCCCC(=O)OC[C@H](COP(=O)(OC)OCCC)OC(=O)CCCCCCC/C=C/CCCCCCCC.CNC(=O)CCCCC(=O)NCCCO[C@@H]1OC(CO)[C@@H](O[C@@H]2OC(CO)[C@H](O)[C@H](O[C@@H]3OC(CO)[C@@H](O)[C@H](O[C@@H]4OC(CO)[C@H](O)[C@H](O)C4O[C@@H]4OC(C)[C@@H](O)[C@H](O)C4O)C3NC(C)=O)C2O)[C@H](O)C1NC(C)=O. The highest BCUT2D eigenvalue weighted by Gasteiger charge is 2.58. The third-order valence-corrected chi connectivity index (χ3v) is 23.8. The van der Waals surface area contributed by atoms with E-state index < -0.39 is 206 Å². The van der Waals surface area contributed by atoms with Gasteiger partial charge in [-0.1, -0.05) is 148 Å². The summed E-state index contributed by atoms with van der Waals surface area (Å²) in [6.45, 7) is 5.99. The van der Waals surface area contributed by atoms with E-state index in [1.807, 2.05) is 6.92 Å². The Bertz CT molecular complexity index is 3090. The van der Waals surface area contributed by atoms with Gasteiger partial charge in [0.05, 0.1) is 52.4 Å². The molecule has 0 saturated carbocycles. The van der Waals surface area contributed by atoms with E-state index in [1.165, 1.54) is 124 Å². The smallest absolute Gasteiger partial charge is 0.462 e. The molecule has 127 heavy (non-hydrogen) atoms. The molecule has 0 radical (unpaired) electrons. The summed E-state index contributed by atoms with van der Waals surface area (Å²) >= 11 is 0. The molecule has 5 heterocycles. The number of rotatable bonds is 64. The lowest BCUT2D eigenvalue weighted by atomic mass is 9.94. The molecule has 11 unspecified atom stereocenters. The van der Waals surface area contributed by atoms with Gasteiger partial charge in [-0.05, 0) is 96.8 Å². The lowest BCUT2D eigenvalue weighted by molar-refractivity contribution is -0.389. The predicted octanol–water partition coefficient (Wildman–Crippen LogP) is 3.94. The third-order valence-electron chi connectivity index (χ3n) is 22.4. The largest absolute Gasteiger partial charge is 0.474 e. The fraction of sp³-hybridized carbons (Fsp3) is 0.885. The zero-order chi connectivity index (χ0) is 93.6. The van der Waals surface area contributed by atoms with Crippen LogP contribution in [0.3, 0.4) is 0 Å². The minimum Gasteiger partial charge on any atom is -0.462 e. The Hall–Kier alpha value is -4.51. The first-order valence-corrected chi connectivity index (χ1v) is 47.6. The number of nitrogens with one attached hydrogen (secondary N) is 4. The van der Waals surface area contributed by atoms with Crippen LogP contribution in [0.1, 0.15) is 260 Å². The summed E-state index contributed by atoms with van der Waals surface area (Å²) in [7, 11) is -1.04. The Balaban J connectivity index is 0.000000572. The highest BCUT2D eigenvalue weighted by atomic mass is 31.2. The molecular weight excluding hydrogens is 1690 g/mol. The van der Waals surface area contributed by atoms with Gasteiger partial charge in [-0.15, -0.1) is 0 Å². The predicted molar refractivity (Wildman–Crippen MR) is 459 cm³/mol. The standard InChI is InChI=1S/C44H76N4O27.C43H81O8P/c1-16-27(57)32(62)34(64)42(67-16)75-39-33(63)28(58)19(12-49)70-44(39)73-37-26(48-18(3)54)41(68-20(13-50)29(37)59)74-38-30(60)21(14-51)69-43(35(38)65)72-36-22(15-52)71-40(25(31(36)61)47-17(2)53)66-11-7-10-46-24(56)9-6-5-8-23(55)45-4;1-5-8-10-12-14-16-18-20-22-24-26-28-30-32-34-36-42(44)48-39-41(40-50-52(46,47-4)49-38-7-3)51-43(45)37-35-33-31-29-27-25-23-21-19-17-15-13-11-9-6-2/h16,19-22,25-44,49-52,57-65H,5-15H2,1-4H3,(H,45,55)(H,46,56)(H,47,53)(H,48,54);20-23,41H,5-19,24-40H2,1-4H3/b;22-20+,23-21+/t16?,19?,20?,21?,22?,25?,26?,27-,28+,29-,30+,31-,32+,33+,34?,35?,36-,37-,38+,39?,40-,41+,42+,43+,44+;41-,52?/m11/s1. The van der Waals surface area contributed by atoms with Crippen LogP contribution in [0.5, 0.6) is 0 Å². The summed E-state index contributed by atoms with van der Waals surface area (Å²) in [5.74, 6) is -2.62. The fourth-order valence-corrected chi connectivity index (χ4v) is 16.0. The van der Waals surface area contributed by atoms with Crippen LogP contribution in [-0.4, -0.2) is 335 Å². The van der Waals surface area contributed by atoms with E-state index in [9.17, 15) is 99.7 Å². The fourth-order valence-electron chi connectivity index (χ4n) is 15.0. The second kappa shape index (κ2) is 66.0. The van der Waals surface area contributed by atoms with Crippen molar-refractivity contribution in [2.24, 2.45) is 0 Å². The van der Waals surface area contributed by atoms with Crippen LogP contribution in [0.4, 0.5) is 0 Å². The van der Waals surface area contributed by atoms with Gasteiger partial charge in [-0.25, -0.2) is 4.57 Å². The van der Waals surface area contributed by atoms with E-state index >= 15 is 0 Å². The molecule has 40 heteroatoms. The van der Waals surface area contributed by atoms with Crippen LogP contribution >= 0.6 is 7.82 Å². The summed E-state index contributed by atoms with van der Waals surface area (Å²) in [5.41, 5.74) is 0. The van der Waals surface area contributed by atoms with Crippen LogP contribution in [-0.2, 0) is 104 Å². The summed E-state index contributed by atoms with van der Waals surface area (Å²) in [5, 5.41) is 151. The maximum Gasteiger partial charge on any atom is 0.474 e. The Labute approximate surface area is 748 Å². The van der Waals surface area contributed by atoms with Crippen LogP contribution in [0, 0.1) is 0 Å². The van der Waals surface area contributed by atoms with Crippen molar-refractivity contribution >= 4 is 43.4 Å². The first kappa shape index (κ1) is 115. The maximum absolute atomic E-state index is 12.8. The number of phosphoric acid groups is 1. The van der Waals surface area contributed by atoms with Crippen LogP contribution in [0.15, 0.2) is 24.3 Å². The van der Waals surface area contributed by atoms with E-state index in [1.54, 1.807) is 0 Å². The molecule has 5 fully saturated rings. The summed E-state index contributed by atoms with van der Waals surface area (Å²) in [6.07, 6.45) is 0.825. The average molecular weight is 1850 g/mol. The van der Waals surface area contributed by atoms with E-state index in [4.69, 9.17) is 70.4 Å². The molecule has 0 aromatic rings. The molecule has 5 aliphatic heterocycles. The second-order valence-electron chi connectivity index (χ2n) is 33.1. The zero-order valence-electron chi connectivity index (χ0n) is 76.0. The summed E-state index contributed by atoms with van der Waals surface area (Å²) in [4.78, 5) is 74.0. The number of phosphoric ester groups is 1. The number of aliphatic hydroxyl groups is 13. The molecule has 5 aliphatic rings. The Morgan fingerprint density at radius 1 is 0.402 bits per heavy atom. The molecular formula is C87H157N4O35P. The highest BCUT2D eigenvalue weighted by Crippen LogP contribution is 2.49. The van der Waals surface area contributed by atoms with Crippen molar-refractivity contribution in [2.45, 2.75) is 419 Å². The lowest BCUT2D eigenvalue weighted by Crippen LogP contribution is -2.70.